The van der Waals surface area contributed by atoms with Crippen LogP contribution < -0.4 is 10.6 Å². The van der Waals surface area contributed by atoms with Crippen LogP contribution in [0.15, 0.2) is 48.5 Å². The molecule has 0 radical (unpaired) electrons. The highest BCUT2D eigenvalue weighted by Crippen LogP contribution is 2.46. The fourth-order valence-corrected chi connectivity index (χ4v) is 5.52. The number of hydrogen-bond acceptors (Lipinski definition) is 6. The van der Waals surface area contributed by atoms with Gasteiger partial charge in [-0.1, -0.05) is 44.2 Å². The minimum Gasteiger partial charge on any atom is -0.325 e. The van der Waals surface area contributed by atoms with E-state index in [9.17, 15) is 24.4 Å². The van der Waals surface area contributed by atoms with Crippen molar-refractivity contribution in [3.63, 3.8) is 0 Å². The highest BCUT2D eigenvalue weighted by atomic mass is 16.2. The third kappa shape index (κ3) is 4.48. The van der Waals surface area contributed by atoms with Crippen molar-refractivity contribution in [2.45, 2.75) is 44.2 Å². The first-order chi connectivity index (χ1) is 18.6. The van der Waals surface area contributed by atoms with Gasteiger partial charge in [0.25, 0.3) is 0 Å². The average molecular weight is 528 g/mol. The van der Waals surface area contributed by atoms with Crippen LogP contribution in [0.25, 0.3) is 11.0 Å². The quantitative estimate of drug-likeness (QED) is 0.434. The summed E-state index contributed by atoms with van der Waals surface area (Å²) in [5, 5.41) is 15.3. The molecule has 1 aromatic heterocycles. The Morgan fingerprint density at radius 3 is 2.64 bits per heavy atom. The number of aromatic amines is 1. The van der Waals surface area contributed by atoms with E-state index in [2.05, 4.69) is 26.7 Å². The first-order valence-corrected chi connectivity index (χ1v) is 12.8. The van der Waals surface area contributed by atoms with E-state index in [0.29, 0.717) is 16.7 Å². The highest BCUT2D eigenvalue weighted by Gasteiger charge is 2.56. The zero-order valence-corrected chi connectivity index (χ0v) is 21.9. The Labute approximate surface area is 225 Å². The molecule has 1 spiro atoms. The van der Waals surface area contributed by atoms with E-state index in [-0.39, 0.29) is 37.2 Å². The smallest absolute Gasteiger partial charge is 0.316 e. The number of benzene rings is 2. The summed E-state index contributed by atoms with van der Waals surface area (Å²) in [5.74, 6) is -2.48. The van der Waals surface area contributed by atoms with Crippen molar-refractivity contribution in [3.8, 4) is 6.07 Å². The lowest BCUT2D eigenvalue weighted by atomic mass is 9.80. The van der Waals surface area contributed by atoms with Crippen molar-refractivity contribution < 1.29 is 19.2 Å². The van der Waals surface area contributed by atoms with Crippen LogP contribution in [0.4, 0.5) is 11.6 Å². The number of para-hydroxylation sites is 3. The van der Waals surface area contributed by atoms with Crippen LogP contribution in [-0.4, -0.2) is 69.1 Å². The number of likely N-dealkylation sites (N-methyl/N-ethyl adjacent to an activating group) is 1. The van der Waals surface area contributed by atoms with Gasteiger partial charge in [0.05, 0.1) is 22.5 Å². The summed E-state index contributed by atoms with van der Waals surface area (Å²) in [6.07, 6.45) is 0.417. The van der Waals surface area contributed by atoms with Gasteiger partial charge in [-0.25, -0.2) is 4.98 Å². The number of anilines is 2. The lowest BCUT2D eigenvalue weighted by Crippen LogP contribution is -2.53. The summed E-state index contributed by atoms with van der Waals surface area (Å²) in [6, 6.07) is 14.7. The van der Waals surface area contributed by atoms with Gasteiger partial charge in [0.15, 0.2) is 0 Å². The van der Waals surface area contributed by atoms with Crippen molar-refractivity contribution in [1.29, 1.82) is 5.26 Å². The van der Waals surface area contributed by atoms with Crippen LogP contribution in [0.5, 0.6) is 0 Å². The van der Waals surface area contributed by atoms with E-state index in [1.54, 1.807) is 24.3 Å². The number of nitrogens with zero attached hydrogens (tertiary/aromatic N) is 4. The number of imidazole rings is 1. The number of hydrogen-bond donors (Lipinski definition) is 3. The molecule has 2 aliphatic heterocycles. The molecule has 4 amide bonds. The van der Waals surface area contributed by atoms with Gasteiger partial charge in [0.1, 0.15) is 12.1 Å². The second-order valence-electron chi connectivity index (χ2n) is 10.5. The lowest BCUT2D eigenvalue weighted by Gasteiger charge is -2.33. The van der Waals surface area contributed by atoms with Crippen molar-refractivity contribution in [2.75, 3.05) is 24.2 Å². The molecule has 3 N–H and O–H groups in total. The Morgan fingerprint density at radius 1 is 1.21 bits per heavy atom. The van der Waals surface area contributed by atoms with E-state index >= 15 is 0 Å². The van der Waals surface area contributed by atoms with Gasteiger partial charge in [-0.15, -0.1) is 0 Å². The molecule has 0 aliphatic carbocycles. The third-order valence-electron chi connectivity index (χ3n) is 7.50. The molecule has 0 saturated carbocycles. The number of aromatic nitrogens is 2. The monoisotopic (exact) mass is 527 g/mol. The molecule has 11 heteroatoms. The van der Waals surface area contributed by atoms with Crippen LogP contribution in [-0.2, 0) is 24.6 Å². The van der Waals surface area contributed by atoms with Gasteiger partial charge in [-0.05, 0) is 36.1 Å². The Kier molecular flexibility index (Phi) is 6.56. The summed E-state index contributed by atoms with van der Waals surface area (Å²) in [7, 11) is 1.40. The van der Waals surface area contributed by atoms with Gasteiger partial charge >= 0.3 is 11.8 Å². The molecule has 0 bridgehead atoms. The fourth-order valence-electron chi connectivity index (χ4n) is 5.52. The summed E-state index contributed by atoms with van der Waals surface area (Å²) in [6.45, 7) is 3.82. The number of likely N-dealkylation sites (tertiary alicyclic amines) is 1. The zero-order chi connectivity index (χ0) is 27.9. The summed E-state index contributed by atoms with van der Waals surface area (Å²) >= 11 is 0. The Balaban J connectivity index is 1.38. The molecule has 2 aromatic carbocycles. The molecule has 1 fully saturated rings. The first kappa shape index (κ1) is 25.9. The van der Waals surface area contributed by atoms with E-state index < -0.39 is 35.2 Å². The normalized spacial score (nSPS) is 20.5. The number of amides is 4. The van der Waals surface area contributed by atoms with E-state index in [1.807, 2.05) is 38.1 Å². The molecule has 2 aliphatic rings. The number of fused-ring (bicyclic) bond motifs is 3. The Morgan fingerprint density at radius 2 is 1.92 bits per heavy atom. The summed E-state index contributed by atoms with van der Waals surface area (Å²) < 4.78 is 0. The fraction of sp³-hybridized carbons (Fsp3) is 0.357. The number of rotatable bonds is 5. The molecule has 3 heterocycles. The minimum absolute atomic E-state index is 0.000221. The molecule has 3 aromatic rings. The predicted octanol–water partition coefficient (Wildman–Crippen LogP) is 2.39. The van der Waals surface area contributed by atoms with Crippen molar-refractivity contribution in [1.82, 2.24) is 19.8 Å². The predicted molar refractivity (Wildman–Crippen MR) is 143 cm³/mol. The Bertz CT molecular complexity index is 1490. The number of nitriles is 1. The van der Waals surface area contributed by atoms with Crippen LogP contribution in [0.2, 0.25) is 0 Å². The van der Waals surface area contributed by atoms with Crippen molar-refractivity contribution >= 4 is 46.3 Å². The number of H-pyrrole nitrogens is 1. The van der Waals surface area contributed by atoms with Crippen LogP contribution in [0.1, 0.15) is 32.3 Å². The molecule has 200 valence electrons. The number of nitrogens with one attached hydrogen (secondary N) is 3. The molecule has 3 atom stereocenters. The van der Waals surface area contributed by atoms with Crippen LogP contribution in [0, 0.1) is 17.2 Å². The van der Waals surface area contributed by atoms with Crippen LogP contribution >= 0.6 is 0 Å². The molecule has 5 rings (SSSR count). The van der Waals surface area contributed by atoms with E-state index in [4.69, 9.17) is 0 Å². The maximum Gasteiger partial charge on any atom is 0.316 e. The van der Waals surface area contributed by atoms with Crippen LogP contribution in [0.3, 0.4) is 0 Å². The van der Waals surface area contributed by atoms with Gasteiger partial charge in [0, 0.05) is 25.7 Å². The SMILES string of the molecule is CC(C)C[C@@H](C(=O)N1C[C@]2(C[C@H]1C#N)C(=O)Nc1ccccc12)N(C)C(=O)C(=O)Nc1nc2ccccc2[nH]1. The third-order valence-corrected chi connectivity index (χ3v) is 7.50. The standard InChI is InChI=1S/C28H29N7O4/c1-16(2)12-22(34(3)25(38)23(36)33-27-31-20-10-6-7-11-21(20)32-27)24(37)35-15-28(13-17(35)14-29)18-8-4-5-9-19(18)30-26(28)39/h4-11,16-17,22H,12-13,15H2,1-3H3,(H,30,39)(H2,31,32,33,36)/t17-,22-,28-/m0/s1. The number of carbonyl (C=O) groups excluding carboxylic acids is 4. The molecule has 11 nitrogen and oxygen atoms in total. The first-order valence-electron chi connectivity index (χ1n) is 12.8. The molecule has 1 saturated heterocycles. The van der Waals surface area contributed by atoms with Crippen molar-refractivity contribution in [2.24, 2.45) is 5.92 Å². The number of carbonyl (C=O) groups is 4. The molecule has 0 unspecified atom stereocenters. The average Bonchev–Trinajstić information content (AvgIpc) is 3.59. The molecule has 39 heavy (non-hydrogen) atoms. The molecular weight excluding hydrogens is 498 g/mol. The zero-order valence-electron chi connectivity index (χ0n) is 21.9. The highest BCUT2D eigenvalue weighted by molar-refractivity contribution is 6.39. The maximum absolute atomic E-state index is 14.0. The molecular formula is C28H29N7O4. The van der Waals surface area contributed by atoms with Gasteiger partial charge in [-0.3, -0.25) is 24.5 Å². The Hall–Kier alpha value is -4.72. The lowest BCUT2D eigenvalue weighted by molar-refractivity contribution is -0.149. The minimum atomic E-state index is -1.05. The van der Waals surface area contributed by atoms with Gasteiger partial charge in [0.2, 0.25) is 17.8 Å². The van der Waals surface area contributed by atoms with Gasteiger partial charge in [-0.2, -0.15) is 5.26 Å². The maximum atomic E-state index is 14.0. The summed E-state index contributed by atoms with van der Waals surface area (Å²) in [4.78, 5) is 62.8. The summed E-state index contributed by atoms with van der Waals surface area (Å²) in [5.41, 5.74) is 1.70. The van der Waals surface area contributed by atoms with Crippen molar-refractivity contribution in [3.05, 3.63) is 54.1 Å². The van der Waals surface area contributed by atoms with E-state index in [0.717, 1.165) is 10.5 Å². The van der Waals surface area contributed by atoms with E-state index in [1.165, 1.54) is 11.9 Å². The second-order valence-corrected chi connectivity index (χ2v) is 10.5. The topological polar surface area (TPSA) is 151 Å². The van der Waals surface area contributed by atoms with Gasteiger partial charge < -0.3 is 20.1 Å². The largest absolute Gasteiger partial charge is 0.325 e. The second kappa shape index (κ2) is 9.87.